The minimum absolute atomic E-state index is 0.0434. The molecule has 0 spiro atoms. The molecule has 2 aromatic carbocycles. The lowest BCUT2D eigenvalue weighted by molar-refractivity contribution is -0.144. The number of ether oxygens (including phenoxy) is 2. The van der Waals surface area contributed by atoms with Crippen molar-refractivity contribution >= 4 is 5.91 Å². The van der Waals surface area contributed by atoms with E-state index in [0.29, 0.717) is 19.6 Å². The molecule has 1 amide bonds. The van der Waals surface area contributed by atoms with Gasteiger partial charge in [-0.3, -0.25) is 4.79 Å². The minimum atomic E-state index is -0.0434. The van der Waals surface area contributed by atoms with Gasteiger partial charge >= 0.3 is 0 Å². The Balaban J connectivity index is 1.61. The van der Waals surface area contributed by atoms with Gasteiger partial charge in [-0.05, 0) is 36.6 Å². The van der Waals surface area contributed by atoms with Crippen molar-refractivity contribution in [2.24, 2.45) is 0 Å². The second kappa shape index (κ2) is 8.17. The molecule has 1 aliphatic rings. The summed E-state index contributed by atoms with van der Waals surface area (Å²) in [6.07, 6.45) is 1.17. The average Bonchev–Trinajstić information content (AvgIpc) is 2.67. The summed E-state index contributed by atoms with van der Waals surface area (Å²) in [5, 5.41) is 0. The van der Waals surface area contributed by atoms with E-state index in [0.717, 1.165) is 23.3 Å². The van der Waals surface area contributed by atoms with Crippen molar-refractivity contribution in [2.45, 2.75) is 31.9 Å². The highest BCUT2D eigenvalue weighted by Crippen LogP contribution is 2.25. The summed E-state index contributed by atoms with van der Waals surface area (Å²) in [4.78, 5) is 14.7. The number of methoxy groups -OCH3 is 1. The van der Waals surface area contributed by atoms with E-state index >= 15 is 0 Å². The second-order valence-corrected chi connectivity index (χ2v) is 6.48. The van der Waals surface area contributed by atoms with Crippen molar-refractivity contribution in [2.75, 3.05) is 20.3 Å². The number of nitrogens with zero attached hydrogens (tertiary/aromatic N) is 1. The van der Waals surface area contributed by atoms with Gasteiger partial charge in [0.1, 0.15) is 11.9 Å². The molecule has 1 aliphatic heterocycles. The molecule has 0 radical (unpaired) electrons. The van der Waals surface area contributed by atoms with Crippen LogP contribution in [0.2, 0.25) is 0 Å². The molecule has 2 aromatic rings. The highest BCUT2D eigenvalue weighted by atomic mass is 16.5. The summed E-state index contributed by atoms with van der Waals surface area (Å²) in [6, 6.07) is 18.1. The maximum absolute atomic E-state index is 12.8. The molecule has 0 N–H and O–H groups in total. The Kier molecular flexibility index (Phi) is 5.71. The van der Waals surface area contributed by atoms with Crippen LogP contribution in [0.1, 0.15) is 30.6 Å². The van der Waals surface area contributed by atoms with E-state index in [9.17, 15) is 4.79 Å². The van der Waals surface area contributed by atoms with Crippen LogP contribution in [-0.4, -0.2) is 37.1 Å². The number of rotatable bonds is 5. The molecule has 4 nitrogen and oxygen atoms in total. The van der Waals surface area contributed by atoms with Crippen molar-refractivity contribution in [1.82, 2.24) is 4.90 Å². The van der Waals surface area contributed by atoms with Gasteiger partial charge in [-0.15, -0.1) is 0 Å². The fourth-order valence-corrected chi connectivity index (χ4v) is 3.20. The first-order valence-corrected chi connectivity index (χ1v) is 8.76. The highest BCUT2D eigenvalue weighted by molar-refractivity contribution is 5.77. The molecule has 1 saturated heterocycles. The van der Waals surface area contributed by atoms with Gasteiger partial charge in [-0.25, -0.2) is 0 Å². The number of carbonyl (C=O) groups excluding carboxylic acids is 1. The minimum Gasteiger partial charge on any atom is -0.497 e. The van der Waals surface area contributed by atoms with Crippen molar-refractivity contribution < 1.29 is 14.3 Å². The summed E-state index contributed by atoms with van der Waals surface area (Å²) in [5.74, 6) is 1.01. The third-order valence-corrected chi connectivity index (χ3v) is 4.69. The normalized spacial score (nSPS) is 20.3. The SMILES string of the molecule is COc1cccc(CCC(=O)N2CC(c3ccccc3)OCC2C)c1. The molecule has 0 aliphatic carbocycles. The average molecular weight is 339 g/mol. The zero-order valence-corrected chi connectivity index (χ0v) is 14.9. The van der Waals surface area contributed by atoms with Crippen LogP contribution in [0.15, 0.2) is 54.6 Å². The van der Waals surface area contributed by atoms with E-state index in [1.165, 1.54) is 0 Å². The summed E-state index contributed by atoms with van der Waals surface area (Å²) >= 11 is 0. The monoisotopic (exact) mass is 339 g/mol. The van der Waals surface area contributed by atoms with E-state index < -0.39 is 0 Å². The molecule has 2 unspecified atom stereocenters. The summed E-state index contributed by atoms with van der Waals surface area (Å²) in [5.41, 5.74) is 2.24. The lowest BCUT2D eigenvalue weighted by Gasteiger charge is -2.38. The number of aryl methyl sites for hydroxylation is 1. The molecule has 1 heterocycles. The maximum atomic E-state index is 12.8. The fourth-order valence-electron chi connectivity index (χ4n) is 3.20. The molecule has 4 heteroatoms. The Morgan fingerprint density at radius 1 is 1.20 bits per heavy atom. The predicted molar refractivity (Wildman–Crippen MR) is 97.6 cm³/mol. The first-order valence-electron chi connectivity index (χ1n) is 8.76. The van der Waals surface area contributed by atoms with Gasteiger partial charge in [-0.2, -0.15) is 0 Å². The molecular formula is C21H25NO3. The van der Waals surface area contributed by atoms with Gasteiger partial charge in [0.2, 0.25) is 5.91 Å². The van der Waals surface area contributed by atoms with Crippen LogP contribution in [0.4, 0.5) is 0 Å². The lowest BCUT2D eigenvalue weighted by Crippen LogP contribution is -2.48. The lowest BCUT2D eigenvalue weighted by atomic mass is 10.0. The fraction of sp³-hybridized carbons (Fsp3) is 0.381. The number of morpholine rings is 1. The molecule has 2 atom stereocenters. The topological polar surface area (TPSA) is 38.8 Å². The Morgan fingerprint density at radius 2 is 2.00 bits per heavy atom. The van der Waals surface area contributed by atoms with Crippen molar-refractivity contribution in [3.8, 4) is 5.75 Å². The predicted octanol–water partition coefficient (Wildman–Crippen LogP) is 3.62. The van der Waals surface area contributed by atoms with Gasteiger partial charge in [0.05, 0.1) is 26.3 Å². The quantitative estimate of drug-likeness (QED) is 0.835. The van der Waals surface area contributed by atoms with E-state index in [4.69, 9.17) is 9.47 Å². The third kappa shape index (κ3) is 4.40. The number of hydrogen-bond donors (Lipinski definition) is 0. The van der Waals surface area contributed by atoms with Gasteiger partial charge in [-0.1, -0.05) is 42.5 Å². The summed E-state index contributed by atoms with van der Waals surface area (Å²) < 4.78 is 11.2. The van der Waals surface area contributed by atoms with E-state index in [1.807, 2.05) is 54.3 Å². The number of hydrogen-bond acceptors (Lipinski definition) is 3. The molecular weight excluding hydrogens is 314 g/mol. The van der Waals surface area contributed by atoms with Crippen molar-refractivity contribution in [3.63, 3.8) is 0 Å². The van der Waals surface area contributed by atoms with Crippen LogP contribution in [0.5, 0.6) is 5.75 Å². The summed E-state index contributed by atoms with van der Waals surface area (Å²) in [7, 11) is 1.66. The van der Waals surface area contributed by atoms with E-state index in [-0.39, 0.29) is 18.1 Å². The molecule has 3 rings (SSSR count). The van der Waals surface area contributed by atoms with Crippen LogP contribution >= 0.6 is 0 Å². The largest absolute Gasteiger partial charge is 0.497 e. The Labute approximate surface area is 149 Å². The van der Waals surface area contributed by atoms with Crippen molar-refractivity contribution in [3.05, 3.63) is 65.7 Å². The highest BCUT2D eigenvalue weighted by Gasteiger charge is 2.30. The first-order chi connectivity index (χ1) is 12.2. The van der Waals surface area contributed by atoms with Crippen LogP contribution in [0, 0.1) is 0 Å². The molecule has 0 aromatic heterocycles. The van der Waals surface area contributed by atoms with Crippen LogP contribution in [0.3, 0.4) is 0 Å². The molecule has 1 fully saturated rings. The molecule has 0 bridgehead atoms. The smallest absolute Gasteiger partial charge is 0.223 e. The zero-order valence-electron chi connectivity index (χ0n) is 14.9. The third-order valence-electron chi connectivity index (χ3n) is 4.69. The first kappa shape index (κ1) is 17.5. The van der Waals surface area contributed by atoms with Crippen LogP contribution in [-0.2, 0) is 16.0 Å². The maximum Gasteiger partial charge on any atom is 0.223 e. The Bertz CT molecular complexity index is 701. The van der Waals surface area contributed by atoms with Crippen LogP contribution in [0.25, 0.3) is 0 Å². The van der Waals surface area contributed by atoms with Gasteiger partial charge in [0.25, 0.3) is 0 Å². The Hall–Kier alpha value is -2.33. The number of benzene rings is 2. The summed E-state index contributed by atoms with van der Waals surface area (Å²) in [6.45, 7) is 3.23. The molecule has 132 valence electrons. The van der Waals surface area contributed by atoms with Crippen molar-refractivity contribution in [1.29, 1.82) is 0 Å². The van der Waals surface area contributed by atoms with Gasteiger partial charge in [0.15, 0.2) is 0 Å². The standard InChI is InChI=1S/C21H25NO3/c1-16-15-25-20(18-8-4-3-5-9-18)14-22(16)21(23)12-11-17-7-6-10-19(13-17)24-2/h3-10,13,16,20H,11-12,14-15H2,1-2H3. The van der Waals surface area contributed by atoms with E-state index in [1.54, 1.807) is 7.11 Å². The Morgan fingerprint density at radius 3 is 2.76 bits per heavy atom. The zero-order chi connectivity index (χ0) is 17.6. The van der Waals surface area contributed by atoms with E-state index in [2.05, 4.69) is 12.1 Å². The van der Waals surface area contributed by atoms with Crippen LogP contribution < -0.4 is 4.74 Å². The molecule has 25 heavy (non-hydrogen) atoms. The van der Waals surface area contributed by atoms with Gasteiger partial charge in [0, 0.05) is 6.42 Å². The van der Waals surface area contributed by atoms with Gasteiger partial charge < -0.3 is 14.4 Å². The number of carbonyl (C=O) groups is 1. The molecule has 0 saturated carbocycles. The number of amides is 1. The second-order valence-electron chi connectivity index (χ2n) is 6.48.